The lowest BCUT2D eigenvalue weighted by atomic mass is 10.3. The SMILES string of the molecule is CCCCN(CCCC)S(=O)(=O)CC(=O)O. The fourth-order valence-electron chi connectivity index (χ4n) is 1.31. The fourth-order valence-corrected chi connectivity index (χ4v) is 2.62. The number of hydrogen-bond donors (Lipinski definition) is 1. The first kappa shape index (κ1) is 15.4. The highest BCUT2D eigenvalue weighted by molar-refractivity contribution is 7.89. The van der Waals surface area contributed by atoms with Crippen LogP contribution < -0.4 is 0 Å². The van der Waals surface area contributed by atoms with Gasteiger partial charge in [-0.1, -0.05) is 26.7 Å². The molecule has 0 aliphatic carbocycles. The summed E-state index contributed by atoms with van der Waals surface area (Å²) in [6.45, 7) is 4.79. The molecule has 0 aromatic heterocycles. The van der Waals surface area contributed by atoms with Gasteiger partial charge in [-0.05, 0) is 12.8 Å². The maximum atomic E-state index is 11.7. The van der Waals surface area contributed by atoms with Crippen molar-refractivity contribution in [1.29, 1.82) is 0 Å². The highest BCUT2D eigenvalue weighted by Crippen LogP contribution is 2.06. The average Bonchev–Trinajstić information content (AvgIpc) is 2.15. The number of unbranched alkanes of at least 4 members (excludes halogenated alkanes) is 2. The molecule has 0 fully saturated rings. The van der Waals surface area contributed by atoms with Crippen molar-refractivity contribution in [3.63, 3.8) is 0 Å². The van der Waals surface area contributed by atoms with E-state index in [1.54, 1.807) is 0 Å². The molecule has 6 heteroatoms. The quantitative estimate of drug-likeness (QED) is 0.670. The van der Waals surface area contributed by atoms with Crippen LogP contribution in [0.4, 0.5) is 0 Å². The van der Waals surface area contributed by atoms with Gasteiger partial charge in [0.2, 0.25) is 10.0 Å². The zero-order chi connectivity index (χ0) is 12.6. The predicted octanol–water partition coefficient (Wildman–Crippen LogP) is 1.30. The molecule has 0 atom stereocenters. The number of hydrogen-bond acceptors (Lipinski definition) is 3. The molecule has 0 amide bonds. The first-order valence-corrected chi connectivity index (χ1v) is 7.24. The Hall–Kier alpha value is -0.620. The molecule has 0 aliphatic heterocycles. The Morgan fingerprint density at radius 3 is 1.88 bits per heavy atom. The molecule has 0 radical (unpaired) electrons. The predicted molar refractivity (Wildman–Crippen MR) is 62.8 cm³/mol. The lowest BCUT2D eigenvalue weighted by Crippen LogP contribution is -2.36. The number of carboxylic acids is 1. The molecule has 0 bridgehead atoms. The fraction of sp³-hybridized carbons (Fsp3) is 0.900. The molecule has 16 heavy (non-hydrogen) atoms. The van der Waals surface area contributed by atoms with Crippen LogP contribution in [-0.4, -0.2) is 42.6 Å². The molecule has 0 aromatic carbocycles. The monoisotopic (exact) mass is 251 g/mol. The van der Waals surface area contributed by atoms with Crippen LogP contribution in [0.25, 0.3) is 0 Å². The van der Waals surface area contributed by atoms with Crippen LogP contribution in [0, 0.1) is 0 Å². The summed E-state index contributed by atoms with van der Waals surface area (Å²) in [5.74, 6) is -2.10. The molecule has 0 spiro atoms. The molecular formula is C10H21NO4S. The molecule has 0 saturated carbocycles. The number of nitrogens with zero attached hydrogens (tertiary/aromatic N) is 1. The largest absolute Gasteiger partial charge is 0.480 e. The molecule has 0 unspecified atom stereocenters. The van der Waals surface area contributed by atoms with Crippen LogP contribution in [0.5, 0.6) is 0 Å². The second-order valence-corrected chi connectivity index (χ2v) is 5.73. The van der Waals surface area contributed by atoms with Crippen molar-refractivity contribution in [2.45, 2.75) is 39.5 Å². The molecule has 0 saturated heterocycles. The summed E-state index contributed by atoms with van der Waals surface area (Å²) in [5, 5.41) is 8.54. The summed E-state index contributed by atoms with van der Waals surface area (Å²) < 4.78 is 24.7. The van der Waals surface area contributed by atoms with Gasteiger partial charge in [-0.25, -0.2) is 12.7 Å². The van der Waals surface area contributed by atoms with Crippen LogP contribution >= 0.6 is 0 Å². The van der Waals surface area contributed by atoms with Crippen LogP contribution in [0.2, 0.25) is 0 Å². The zero-order valence-electron chi connectivity index (χ0n) is 9.98. The third kappa shape index (κ3) is 6.07. The summed E-state index contributed by atoms with van der Waals surface area (Å²) >= 11 is 0. The van der Waals surface area contributed by atoms with Crippen molar-refractivity contribution in [3.8, 4) is 0 Å². The topological polar surface area (TPSA) is 74.7 Å². The van der Waals surface area contributed by atoms with Gasteiger partial charge in [-0.3, -0.25) is 4.79 Å². The van der Waals surface area contributed by atoms with Crippen molar-refractivity contribution >= 4 is 16.0 Å². The van der Waals surface area contributed by atoms with E-state index in [0.29, 0.717) is 13.1 Å². The van der Waals surface area contributed by atoms with E-state index in [1.807, 2.05) is 13.8 Å². The van der Waals surface area contributed by atoms with Crippen molar-refractivity contribution in [1.82, 2.24) is 4.31 Å². The normalized spacial score (nSPS) is 11.9. The number of rotatable bonds is 9. The van der Waals surface area contributed by atoms with Gasteiger partial charge >= 0.3 is 5.97 Å². The van der Waals surface area contributed by atoms with Gasteiger partial charge in [0.1, 0.15) is 0 Å². The van der Waals surface area contributed by atoms with Crippen molar-refractivity contribution in [3.05, 3.63) is 0 Å². The summed E-state index contributed by atoms with van der Waals surface area (Å²) in [6, 6.07) is 0. The summed E-state index contributed by atoms with van der Waals surface area (Å²) in [4.78, 5) is 10.5. The Labute approximate surface area is 97.5 Å². The number of sulfonamides is 1. The zero-order valence-corrected chi connectivity index (χ0v) is 10.8. The second-order valence-electron chi connectivity index (χ2n) is 3.76. The molecule has 96 valence electrons. The van der Waals surface area contributed by atoms with Gasteiger partial charge < -0.3 is 5.11 Å². The minimum absolute atomic E-state index is 0.423. The summed E-state index contributed by atoms with van der Waals surface area (Å²) in [6.07, 6.45) is 3.32. The smallest absolute Gasteiger partial charge is 0.320 e. The third-order valence-corrected chi connectivity index (χ3v) is 3.99. The first-order chi connectivity index (χ1) is 7.44. The van der Waals surface area contributed by atoms with Gasteiger partial charge in [-0.15, -0.1) is 0 Å². The molecule has 5 nitrogen and oxygen atoms in total. The van der Waals surface area contributed by atoms with Gasteiger partial charge in [0.25, 0.3) is 0 Å². The standard InChI is InChI=1S/C10H21NO4S/c1-3-5-7-11(8-6-4-2)16(14,15)9-10(12)13/h3-9H2,1-2H3,(H,12,13). The molecule has 0 rings (SSSR count). The molecule has 0 heterocycles. The lowest BCUT2D eigenvalue weighted by molar-refractivity contribution is -0.134. The van der Waals surface area contributed by atoms with Crippen molar-refractivity contribution in [2.24, 2.45) is 0 Å². The lowest BCUT2D eigenvalue weighted by Gasteiger charge is -2.20. The highest BCUT2D eigenvalue weighted by Gasteiger charge is 2.23. The molecule has 1 N–H and O–H groups in total. The minimum Gasteiger partial charge on any atom is -0.480 e. The van der Waals surface area contributed by atoms with Gasteiger partial charge in [0.05, 0.1) is 0 Å². The van der Waals surface area contributed by atoms with E-state index in [0.717, 1.165) is 25.7 Å². The van der Waals surface area contributed by atoms with E-state index in [-0.39, 0.29) is 0 Å². The molecule has 0 aliphatic rings. The highest BCUT2D eigenvalue weighted by atomic mass is 32.2. The van der Waals surface area contributed by atoms with Crippen LogP contribution in [0.3, 0.4) is 0 Å². The van der Waals surface area contributed by atoms with E-state index in [4.69, 9.17) is 5.11 Å². The third-order valence-electron chi connectivity index (χ3n) is 2.22. The Balaban J connectivity index is 4.51. The van der Waals surface area contributed by atoms with Crippen LogP contribution in [0.1, 0.15) is 39.5 Å². The van der Waals surface area contributed by atoms with Crippen molar-refractivity contribution in [2.75, 3.05) is 18.8 Å². The van der Waals surface area contributed by atoms with E-state index in [2.05, 4.69) is 0 Å². The van der Waals surface area contributed by atoms with E-state index < -0.39 is 21.7 Å². The Morgan fingerprint density at radius 2 is 1.56 bits per heavy atom. The van der Waals surface area contributed by atoms with E-state index >= 15 is 0 Å². The second kappa shape index (κ2) is 7.62. The van der Waals surface area contributed by atoms with Gasteiger partial charge in [-0.2, -0.15) is 0 Å². The number of aliphatic carboxylic acids is 1. The molecular weight excluding hydrogens is 230 g/mol. The summed E-state index contributed by atoms with van der Waals surface area (Å²) in [7, 11) is -3.63. The number of carboxylic acid groups (broad SMARTS) is 1. The number of carbonyl (C=O) groups is 1. The van der Waals surface area contributed by atoms with E-state index in [1.165, 1.54) is 4.31 Å². The Kier molecular flexibility index (Phi) is 7.33. The van der Waals surface area contributed by atoms with E-state index in [9.17, 15) is 13.2 Å². The first-order valence-electron chi connectivity index (χ1n) is 5.63. The maximum absolute atomic E-state index is 11.7. The van der Waals surface area contributed by atoms with Gasteiger partial charge in [0.15, 0.2) is 5.75 Å². The van der Waals surface area contributed by atoms with Crippen LogP contribution in [-0.2, 0) is 14.8 Å². The Morgan fingerprint density at radius 1 is 1.12 bits per heavy atom. The van der Waals surface area contributed by atoms with Crippen LogP contribution in [0.15, 0.2) is 0 Å². The van der Waals surface area contributed by atoms with Gasteiger partial charge in [0, 0.05) is 13.1 Å². The van der Waals surface area contributed by atoms with Crippen molar-refractivity contribution < 1.29 is 18.3 Å². The minimum atomic E-state index is -3.63. The summed E-state index contributed by atoms with van der Waals surface area (Å²) in [5.41, 5.74) is 0. The molecule has 0 aromatic rings. The maximum Gasteiger partial charge on any atom is 0.320 e. The average molecular weight is 251 g/mol. The Bertz CT molecular complexity index is 292.